The highest BCUT2D eigenvalue weighted by atomic mass is 32.2. The summed E-state index contributed by atoms with van der Waals surface area (Å²) >= 11 is 2.98. The van der Waals surface area contributed by atoms with Crippen LogP contribution in [0.1, 0.15) is 48.8 Å². The van der Waals surface area contributed by atoms with Gasteiger partial charge in [0.15, 0.2) is 5.16 Å². The molecular weight excluding hydrogens is 306 g/mol. The lowest BCUT2D eigenvalue weighted by atomic mass is 10.2. The van der Waals surface area contributed by atoms with E-state index in [0.717, 1.165) is 30.2 Å². The van der Waals surface area contributed by atoms with E-state index >= 15 is 0 Å². The molecule has 0 saturated heterocycles. The van der Waals surface area contributed by atoms with Crippen LogP contribution < -0.4 is 0 Å². The molecule has 0 aliphatic heterocycles. The van der Waals surface area contributed by atoms with Crippen molar-refractivity contribution in [3.63, 3.8) is 0 Å². The summed E-state index contributed by atoms with van der Waals surface area (Å²) in [6.07, 6.45) is 3.25. The molecule has 2 aromatic heterocycles. The number of carboxylic acid groups (broad SMARTS) is 1. The highest BCUT2D eigenvalue weighted by Crippen LogP contribution is 2.42. The van der Waals surface area contributed by atoms with Gasteiger partial charge in [-0.15, -0.1) is 21.5 Å². The molecule has 0 spiro atoms. The molecule has 3 rings (SSSR count). The van der Waals surface area contributed by atoms with Gasteiger partial charge in [0.2, 0.25) is 0 Å². The van der Waals surface area contributed by atoms with Crippen LogP contribution in [0.3, 0.4) is 0 Å². The summed E-state index contributed by atoms with van der Waals surface area (Å²) in [7, 11) is 0. The monoisotopic (exact) mass is 323 g/mol. The third-order valence-corrected chi connectivity index (χ3v) is 5.43. The van der Waals surface area contributed by atoms with Gasteiger partial charge >= 0.3 is 5.97 Å². The molecule has 0 bridgehead atoms. The van der Waals surface area contributed by atoms with E-state index in [9.17, 15) is 4.79 Å². The van der Waals surface area contributed by atoms with Gasteiger partial charge in [-0.25, -0.2) is 0 Å². The lowest BCUT2D eigenvalue weighted by Crippen LogP contribution is -2.13. The Labute approximate surface area is 131 Å². The lowest BCUT2D eigenvalue weighted by Gasteiger charge is -2.19. The molecule has 1 unspecified atom stereocenters. The molecule has 0 amide bonds. The van der Waals surface area contributed by atoms with E-state index in [2.05, 4.69) is 33.1 Å². The zero-order valence-corrected chi connectivity index (χ0v) is 13.4. The summed E-state index contributed by atoms with van der Waals surface area (Å²) in [5.74, 6) is 0.699. The van der Waals surface area contributed by atoms with Gasteiger partial charge in [0.25, 0.3) is 0 Å². The topological polar surface area (TPSA) is 68.0 Å². The minimum atomic E-state index is -0.827. The Balaban J connectivity index is 1.96. The number of thiophene rings is 1. The van der Waals surface area contributed by atoms with Gasteiger partial charge in [0.05, 0.1) is 11.8 Å². The fraction of sp³-hybridized carbons (Fsp3) is 0.500. The minimum Gasteiger partial charge on any atom is -0.481 e. The standard InChI is InChI=1S/C14H17N3O2S2/c1-2-10(11-4-3-7-20-11)17-13(9-5-6-9)15-16-14(17)21-8-12(18)19/h3-4,7,9-10H,2,5-6,8H2,1H3,(H,18,19). The van der Waals surface area contributed by atoms with E-state index in [1.807, 2.05) is 6.07 Å². The van der Waals surface area contributed by atoms with Crippen molar-refractivity contribution in [2.24, 2.45) is 0 Å². The smallest absolute Gasteiger partial charge is 0.313 e. The molecule has 5 nitrogen and oxygen atoms in total. The third kappa shape index (κ3) is 3.13. The first-order valence-electron chi connectivity index (χ1n) is 7.03. The molecular formula is C14H17N3O2S2. The number of rotatable bonds is 7. The van der Waals surface area contributed by atoms with Crippen molar-refractivity contribution in [3.05, 3.63) is 28.2 Å². The number of aromatic nitrogens is 3. The Morgan fingerprint density at radius 2 is 2.38 bits per heavy atom. The van der Waals surface area contributed by atoms with Gasteiger partial charge in [-0.05, 0) is 30.7 Å². The van der Waals surface area contributed by atoms with E-state index in [1.54, 1.807) is 11.3 Å². The largest absolute Gasteiger partial charge is 0.481 e. The summed E-state index contributed by atoms with van der Waals surface area (Å²) in [6.45, 7) is 2.15. The second-order valence-electron chi connectivity index (χ2n) is 5.11. The van der Waals surface area contributed by atoms with Gasteiger partial charge in [-0.3, -0.25) is 9.36 Å². The van der Waals surface area contributed by atoms with Crippen molar-refractivity contribution < 1.29 is 9.90 Å². The maximum atomic E-state index is 10.8. The maximum Gasteiger partial charge on any atom is 0.313 e. The van der Waals surface area contributed by atoms with Crippen molar-refractivity contribution >= 4 is 29.1 Å². The molecule has 1 atom stereocenters. The van der Waals surface area contributed by atoms with Crippen LogP contribution in [0, 0.1) is 0 Å². The second kappa shape index (κ2) is 6.19. The zero-order chi connectivity index (χ0) is 14.8. The number of hydrogen-bond acceptors (Lipinski definition) is 5. The van der Waals surface area contributed by atoms with Crippen LogP contribution in [0.2, 0.25) is 0 Å². The van der Waals surface area contributed by atoms with Crippen molar-refractivity contribution in [2.75, 3.05) is 5.75 Å². The van der Waals surface area contributed by atoms with Crippen molar-refractivity contribution in [1.29, 1.82) is 0 Å². The minimum absolute atomic E-state index is 0.0175. The lowest BCUT2D eigenvalue weighted by molar-refractivity contribution is -0.133. The molecule has 2 aromatic rings. The molecule has 1 fully saturated rings. The maximum absolute atomic E-state index is 10.8. The van der Waals surface area contributed by atoms with Crippen molar-refractivity contribution in [2.45, 2.75) is 43.3 Å². The van der Waals surface area contributed by atoms with Crippen LogP contribution in [0.15, 0.2) is 22.7 Å². The molecule has 1 aliphatic carbocycles. The number of thioether (sulfide) groups is 1. The van der Waals surface area contributed by atoms with Gasteiger partial charge in [-0.2, -0.15) is 0 Å². The molecule has 1 N–H and O–H groups in total. The van der Waals surface area contributed by atoms with Crippen LogP contribution in [-0.2, 0) is 4.79 Å². The molecule has 1 saturated carbocycles. The second-order valence-corrected chi connectivity index (χ2v) is 7.03. The van der Waals surface area contributed by atoms with E-state index in [0.29, 0.717) is 5.92 Å². The summed E-state index contributed by atoms with van der Waals surface area (Å²) in [4.78, 5) is 12.1. The van der Waals surface area contributed by atoms with Crippen LogP contribution in [0.25, 0.3) is 0 Å². The van der Waals surface area contributed by atoms with Gasteiger partial charge < -0.3 is 5.11 Å². The normalized spacial score (nSPS) is 16.0. The summed E-state index contributed by atoms with van der Waals surface area (Å²) in [6, 6.07) is 4.38. The Bertz CT molecular complexity index is 620. The van der Waals surface area contributed by atoms with E-state index in [1.165, 1.54) is 16.6 Å². The molecule has 112 valence electrons. The first kappa shape index (κ1) is 14.6. The number of hydrogen-bond donors (Lipinski definition) is 1. The molecule has 1 aliphatic rings. The molecule has 7 heteroatoms. The predicted molar refractivity (Wildman–Crippen MR) is 83.1 cm³/mol. The van der Waals surface area contributed by atoms with Gasteiger partial charge in [-0.1, -0.05) is 24.8 Å². The van der Waals surface area contributed by atoms with E-state index in [4.69, 9.17) is 5.11 Å². The summed E-state index contributed by atoms with van der Waals surface area (Å²) < 4.78 is 2.16. The highest BCUT2D eigenvalue weighted by Gasteiger charge is 2.33. The summed E-state index contributed by atoms with van der Waals surface area (Å²) in [5, 5.41) is 20.3. The molecule has 2 heterocycles. The van der Waals surface area contributed by atoms with Gasteiger partial charge in [0.1, 0.15) is 5.82 Å². The number of aliphatic carboxylic acids is 1. The SMILES string of the molecule is CCC(c1cccs1)n1c(SCC(=O)O)nnc1C1CC1. The Morgan fingerprint density at radius 3 is 2.95 bits per heavy atom. The zero-order valence-electron chi connectivity index (χ0n) is 11.7. The fourth-order valence-corrected chi connectivity index (χ4v) is 4.03. The third-order valence-electron chi connectivity index (χ3n) is 3.53. The van der Waals surface area contributed by atoms with Crippen molar-refractivity contribution in [3.8, 4) is 0 Å². The molecule has 0 aromatic carbocycles. The van der Waals surface area contributed by atoms with Crippen LogP contribution in [-0.4, -0.2) is 31.6 Å². The molecule has 0 radical (unpaired) electrons. The average Bonchev–Trinajstić information content (AvgIpc) is 3.01. The average molecular weight is 323 g/mol. The number of carboxylic acids is 1. The molecule has 21 heavy (non-hydrogen) atoms. The first-order valence-corrected chi connectivity index (χ1v) is 8.90. The van der Waals surface area contributed by atoms with E-state index in [-0.39, 0.29) is 11.8 Å². The van der Waals surface area contributed by atoms with Crippen LogP contribution in [0.5, 0.6) is 0 Å². The quantitative estimate of drug-likeness (QED) is 0.791. The fourth-order valence-electron chi connectivity index (χ4n) is 2.42. The predicted octanol–water partition coefficient (Wildman–Crippen LogP) is 3.39. The number of carbonyl (C=O) groups is 1. The number of nitrogens with zero attached hydrogens (tertiary/aromatic N) is 3. The van der Waals surface area contributed by atoms with E-state index < -0.39 is 5.97 Å². The van der Waals surface area contributed by atoms with Crippen LogP contribution in [0.4, 0.5) is 0 Å². The Morgan fingerprint density at radius 1 is 1.57 bits per heavy atom. The van der Waals surface area contributed by atoms with Gasteiger partial charge in [0, 0.05) is 10.8 Å². The summed E-state index contributed by atoms with van der Waals surface area (Å²) in [5.41, 5.74) is 0. The van der Waals surface area contributed by atoms with Crippen LogP contribution >= 0.6 is 23.1 Å². The Hall–Kier alpha value is -1.34. The first-order chi connectivity index (χ1) is 10.2. The Kier molecular flexibility index (Phi) is 4.30. The highest BCUT2D eigenvalue weighted by molar-refractivity contribution is 7.99. The van der Waals surface area contributed by atoms with Crippen molar-refractivity contribution in [1.82, 2.24) is 14.8 Å².